The Bertz CT molecular complexity index is 760. The van der Waals surface area contributed by atoms with E-state index in [-0.39, 0.29) is 11.8 Å². The number of hydrogen-bond donors (Lipinski definition) is 1. The molecule has 1 amide bonds. The van der Waals surface area contributed by atoms with Crippen molar-refractivity contribution in [3.63, 3.8) is 0 Å². The van der Waals surface area contributed by atoms with E-state index < -0.39 is 0 Å². The molecule has 0 aliphatic carbocycles. The molecule has 0 atom stereocenters. The molecule has 1 aromatic carbocycles. The van der Waals surface area contributed by atoms with Gasteiger partial charge in [0.15, 0.2) is 0 Å². The molecule has 1 aliphatic heterocycles. The molecule has 2 heterocycles. The van der Waals surface area contributed by atoms with Gasteiger partial charge in [-0.15, -0.1) is 0 Å². The van der Waals surface area contributed by atoms with Gasteiger partial charge in [-0.3, -0.25) is 4.79 Å². The first-order valence-corrected chi connectivity index (χ1v) is 10.0. The summed E-state index contributed by atoms with van der Waals surface area (Å²) >= 11 is 9.79. The zero-order valence-electron chi connectivity index (χ0n) is 14.4. The van der Waals surface area contributed by atoms with Crippen molar-refractivity contribution in [1.29, 1.82) is 0 Å². The van der Waals surface area contributed by atoms with Crippen molar-refractivity contribution < 1.29 is 4.79 Å². The number of piperidine rings is 1. The van der Waals surface area contributed by atoms with Gasteiger partial charge in [0.2, 0.25) is 5.91 Å². The van der Waals surface area contributed by atoms with E-state index in [0.717, 1.165) is 66.5 Å². The number of benzene rings is 1. The van der Waals surface area contributed by atoms with E-state index in [1.54, 1.807) is 0 Å². The third kappa shape index (κ3) is 4.45. The van der Waals surface area contributed by atoms with Gasteiger partial charge in [0, 0.05) is 35.4 Å². The molecule has 0 spiro atoms. The molecular formula is C19H23BrClN3O. The number of nitrogens with zero attached hydrogens (tertiary/aromatic N) is 2. The Morgan fingerprint density at radius 1 is 1.36 bits per heavy atom. The van der Waals surface area contributed by atoms with Crippen molar-refractivity contribution in [1.82, 2.24) is 10.3 Å². The zero-order chi connectivity index (χ0) is 17.8. The van der Waals surface area contributed by atoms with Gasteiger partial charge in [0.25, 0.3) is 0 Å². The lowest BCUT2D eigenvalue weighted by atomic mass is 9.96. The van der Waals surface area contributed by atoms with Crippen LogP contribution >= 0.6 is 27.5 Å². The van der Waals surface area contributed by atoms with Crippen LogP contribution in [-0.2, 0) is 4.79 Å². The lowest BCUT2D eigenvalue weighted by Gasteiger charge is -2.32. The van der Waals surface area contributed by atoms with Crippen LogP contribution in [0.3, 0.4) is 0 Å². The number of unbranched alkanes of at least 4 members (excludes halogenated alkanes) is 1. The van der Waals surface area contributed by atoms with E-state index in [1.807, 2.05) is 18.2 Å². The summed E-state index contributed by atoms with van der Waals surface area (Å²) in [7, 11) is 0. The van der Waals surface area contributed by atoms with Gasteiger partial charge in [-0.1, -0.05) is 40.9 Å². The molecule has 1 fully saturated rings. The molecule has 1 saturated heterocycles. The number of halogens is 2. The van der Waals surface area contributed by atoms with E-state index in [9.17, 15) is 4.79 Å². The SMILES string of the molecule is CCCCNC(=O)C1CCN(c2ccc3cc(Br)cc(Cl)c3n2)CC1. The molecule has 3 rings (SSSR count). The average Bonchev–Trinajstić information content (AvgIpc) is 2.61. The summed E-state index contributed by atoms with van der Waals surface area (Å²) in [6.45, 7) is 4.61. The summed E-state index contributed by atoms with van der Waals surface area (Å²) in [5, 5.41) is 4.72. The van der Waals surface area contributed by atoms with Crippen LogP contribution in [0.15, 0.2) is 28.7 Å². The third-order valence-electron chi connectivity index (χ3n) is 4.72. The first kappa shape index (κ1) is 18.5. The highest BCUT2D eigenvalue weighted by atomic mass is 79.9. The molecule has 25 heavy (non-hydrogen) atoms. The molecule has 0 saturated carbocycles. The van der Waals surface area contributed by atoms with Gasteiger partial charge in [-0.2, -0.15) is 0 Å². The fraction of sp³-hybridized carbons (Fsp3) is 0.474. The second kappa shape index (κ2) is 8.37. The van der Waals surface area contributed by atoms with Gasteiger partial charge in [0.1, 0.15) is 5.82 Å². The number of hydrogen-bond acceptors (Lipinski definition) is 3. The van der Waals surface area contributed by atoms with Crippen molar-refractivity contribution >= 4 is 50.2 Å². The molecule has 4 nitrogen and oxygen atoms in total. The molecule has 0 unspecified atom stereocenters. The fourth-order valence-corrected chi connectivity index (χ4v) is 4.10. The van der Waals surface area contributed by atoms with E-state index >= 15 is 0 Å². The van der Waals surface area contributed by atoms with Gasteiger partial charge in [-0.25, -0.2) is 4.98 Å². The normalized spacial score (nSPS) is 15.6. The third-order valence-corrected chi connectivity index (χ3v) is 5.46. The van der Waals surface area contributed by atoms with Gasteiger partial charge in [-0.05, 0) is 43.5 Å². The van der Waals surface area contributed by atoms with E-state index in [2.05, 4.69) is 39.1 Å². The van der Waals surface area contributed by atoms with Crippen LogP contribution in [0.2, 0.25) is 5.02 Å². The van der Waals surface area contributed by atoms with Gasteiger partial charge < -0.3 is 10.2 Å². The first-order valence-electron chi connectivity index (χ1n) is 8.87. The Balaban J connectivity index is 1.65. The number of anilines is 1. The Morgan fingerprint density at radius 3 is 2.84 bits per heavy atom. The van der Waals surface area contributed by atoms with Crippen LogP contribution in [0.1, 0.15) is 32.6 Å². The second-order valence-electron chi connectivity index (χ2n) is 6.53. The van der Waals surface area contributed by atoms with Crippen LogP contribution in [0.4, 0.5) is 5.82 Å². The fourth-order valence-electron chi connectivity index (χ4n) is 3.23. The number of carbonyl (C=O) groups excluding carboxylic acids is 1. The molecular weight excluding hydrogens is 402 g/mol. The largest absolute Gasteiger partial charge is 0.357 e. The van der Waals surface area contributed by atoms with Crippen molar-refractivity contribution in [2.24, 2.45) is 5.92 Å². The number of amides is 1. The number of fused-ring (bicyclic) bond motifs is 1. The molecule has 1 aromatic heterocycles. The van der Waals surface area contributed by atoms with Gasteiger partial charge in [0.05, 0.1) is 10.5 Å². The Morgan fingerprint density at radius 2 is 2.12 bits per heavy atom. The second-order valence-corrected chi connectivity index (χ2v) is 7.86. The summed E-state index contributed by atoms with van der Waals surface area (Å²) in [6, 6.07) is 7.98. The zero-order valence-corrected chi connectivity index (χ0v) is 16.7. The van der Waals surface area contributed by atoms with Crippen LogP contribution in [0, 0.1) is 5.92 Å². The lowest BCUT2D eigenvalue weighted by Crippen LogP contribution is -2.41. The van der Waals surface area contributed by atoms with Crippen LogP contribution in [0.5, 0.6) is 0 Å². The number of nitrogens with one attached hydrogen (secondary N) is 1. The van der Waals surface area contributed by atoms with Crippen molar-refractivity contribution in [3.05, 3.63) is 33.8 Å². The summed E-state index contributed by atoms with van der Waals surface area (Å²) in [6.07, 6.45) is 3.88. The highest BCUT2D eigenvalue weighted by molar-refractivity contribution is 9.10. The van der Waals surface area contributed by atoms with E-state index in [4.69, 9.17) is 16.6 Å². The van der Waals surface area contributed by atoms with Crippen molar-refractivity contribution in [2.45, 2.75) is 32.6 Å². The maximum Gasteiger partial charge on any atom is 0.223 e. The number of pyridine rings is 1. The van der Waals surface area contributed by atoms with Crippen LogP contribution in [0.25, 0.3) is 10.9 Å². The predicted octanol–water partition coefficient (Wildman–Crippen LogP) is 4.78. The average molecular weight is 425 g/mol. The molecule has 1 N–H and O–H groups in total. The van der Waals surface area contributed by atoms with E-state index in [1.165, 1.54) is 0 Å². The number of aromatic nitrogens is 1. The smallest absolute Gasteiger partial charge is 0.223 e. The topological polar surface area (TPSA) is 45.2 Å². The Labute approximate surface area is 162 Å². The van der Waals surface area contributed by atoms with Crippen LogP contribution in [-0.4, -0.2) is 30.5 Å². The minimum absolute atomic E-state index is 0.119. The maximum absolute atomic E-state index is 12.2. The van der Waals surface area contributed by atoms with Crippen molar-refractivity contribution in [2.75, 3.05) is 24.5 Å². The summed E-state index contributed by atoms with van der Waals surface area (Å²) < 4.78 is 0.953. The van der Waals surface area contributed by atoms with E-state index in [0.29, 0.717) is 5.02 Å². The van der Waals surface area contributed by atoms with Crippen molar-refractivity contribution in [3.8, 4) is 0 Å². The lowest BCUT2D eigenvalue weighted by molar-refractivity contribution is -0.125. The molecule has 6 heteroatoms. The Kier molecular flexibility index (Phi) is 6.18. The molecule has 134 valence electrons. The highest BCUT2D eigenvalue weighted by Gasteiger charge is 2.25. The minimum atomic E-state index is 0.119. The first-order chi connectivity index (χ1) is 12.1. The van der Waals surface area contributed by atoms with Gasteiger partial charge >= 0.3 is 0 Å². The molecule has 0 bridgehead atoms. The number of carbonyl (C=O) groups is 1. The predicted molar refractivity (Wildman–Crippen MR) is 107 cm³/mol. The molecule has 2 aromatic rings. The quantitative estimate of drug-likeness (QED) is 0.702. The molecule has 0 radical (unpaired) electrons. The summed E-state index contributed by atoms with van der Waals surface area (Å²) in [5.41, 5.74) is 0.821. The summed E-state index contributed by atoms with van der Waals surface area (Å²) in [5.74, 6) is 1.25. The standard InChI is InChI=1S/C19H23BrClN3O/c1-2-3-8-22-19(25)13-6-9-24(10-7-13)17-5-4-14-11-15(20)12-16(21)18(14)23-17/h4-5,11-13H,2-3,6-10H2,1H3,(H,22,25). The highest BCUT2D eigenvalue weighted by Crippen LogP contribution is 2.30. The minimum Gasteiger partial charge on any atom is -0.357 e. The monoisotopic (exact) mass is 423 g/mol. The summed E-state index contributed by atoms with van der Waals surface area (Å²) in [4.78, 5) is 19.2. The Hall–Kier alpha value is -1.33. The number of rotatable bonds is 5. The molecule has 1 aliphatic rings. The maximum atomic E-state index is 12.2. The van der Waals surface area contributed by atoms with Crippen LogP contribution < -0.4 is 10.2 Å².